The highest BCUT2D eigenvalue weighted by Crippen LogP contribution is 2.34. The van der Waals surface area contributed by atoms with Gasteiger partial charge in [-0.15, -0.1) is 11.8 Å². The molecule has 2 atom stereocenters. The first-order chi connectivity index (χ1) is 13.7. The molecule has 0 bridgehead atoms. The van der Waals surface area contributed by atoms with E-state index in [4.69, 9.17) is 0 Å². The van der Waals surface area contributed by atoms with E-state index in [-0.39, 0.29) is 5.56 Å². The van der Waals surface area contributed by atoms with Gasteiger partial charge in [0.05, 0.1) is 5.69 Å². The van der Waals surface area contributed by atoms with E-state index in [0.29, 0.717) is 11.8 Å². The molecule has 6 heteroatoms. The second-order valence-electron chi connectivity index (χ2n) is 7.41. The van der Waals surface area contributed by atoms with E-state index in [2.05, 4.69) is 15.0 Å². The lowest BCUT2D eigenvalue weighted by atomic mass is 9.97. The van der Waals surface area contributed by atoms with Crippen LogP contribution in [0, 0.1) is 11.8 Å². The Morgan fingerprint density at radius 2 is 1.86 bits per heavy atom. The Hall–Kier alpha value is -2.47. The van der Waals surface area contributed by atoms with E-state index in [1.165, 1.54) is 19.3 Å². The predicted octanol–water partition coefficient (Wildman–Crippen LogP) is 3.95. The number of hydrogen-bond acceptors (Lipinski definition) is 5. The fourth-order valence-electron chi connectivity index (χ4n) is 4.02. The van der Waals surface area contributed by atoms with Crippen LogP contribution in [0.3, 0.4) is 0 Å². The van der Waals surface area contributed by atoms with Crippen molar-refractivity contribution in [3.63, 3.8) is 0 Å². The van der Waals surface area contributed by atoms with Crippen molar-refractivity contribution in [1.82, 2.24) is 19.5 Å². The maximum absolute atomic E-state index is 12.1. The summed E-state index contributed by atoms with van der Waals surface area (Å²) in [6.45, 7) is 0. The Kier molecular flexibility index (Phi) is 5.86. The minimum atomic E-state index is -0.0203. The first-order valence-corrected chi connectivity index (χ1v) is 10.9. The highest BCUT2D eigenvalue weighted by Gasteiger charge is 2.26. The van der Waals surface area contributed by atoms with Crippen LogP contribution in [0.2, 0.25) is 0 Å². The summed E-state index contributed by atoms with van der Waals surface area (Å²) in [4.78, 5) is 26.7. The maximum Gasteiger partial charge on any atom is 0.255 e. The van der Waals surface area contributed by atoms with E-state index in [1.54, 1.807) is 40.9 Å². The van der Waals surface area contributed by atoms with Crippen molar-refractivity contribution in [3.05, 3.63) is 77.0 Å². The van der Waals surface area contributed by atoms with Crippen molar-refractivity contribution in [2.45, 2.75) is 37.0 Å². The van der Waals surface area contributed by atoms with Gasteiger partial charge in [-0.3, -0.25) is 14.3 Å². The van der Waals surface area contributed by atoms with Crippen LogP contribution in [0.1, 0.15) is 30.8 Å². The van der Waals surface area contributed by atoms with Crippen molar-refractivity contribution >= 4 is 11.8 Å². The van der Waals surface area contributed by atoms with Crippen LogP contribution in [0.15, 0.2) is 64.8 Å². The lowest BCUT2D eigenvalue weighted by molar-refractivity contribution is 0.476. The van der Waals surface area contributed by atoms with Crippen molar-refractivity contribution in [3.8, 4) is 5.69 Å². The highest BCUT2D eigenvalue weighted by molar-refractivity contribution is 7.98. The standard InChI is InChI=1S/C22H24N4OS/c1-28-20-14-24-21(25-15-20)12-17-6-5-16(10-17)11-18-13-19(7-8-23-18)26-9-3-2-4-22(26)27/h2-4,7-9,13-17H,5-6,10-12H2,1H3/t16-,17-/m0/s1. The summed E-state index contributed by atoms with van der Waals surface area (Å²) in [5.41, 5.74) is 1.92. The third-order valence-corrected chi connectivity index (χ3v) is 6.12. The van der Waals surface area contributed by atoms with Crippen LogP contribution >= 0.6 is 11.8 Å². The van der Waals surface area contributed by atoms with Gasteiger partial charge in [0.15, 0.2) is 0 Å². The Morgan fingerprint density at radius 1 is 1.07 bits per heavy atom. The molecule has 1 aliphatic carbocycles. The average Bonchev–Trinajstić information content (AvgIpc) is 3.16. The van der Waals surface area contributed by atoms with E-state index in [9.17, 15) is 4.79 Å². The molecule has 0 N–H and O–H groups in total. The smallest absolute Gasteiger partial charge is 0.255 e. The minimum absolute atomic E-state index is 0.0203. The minimum Gasteiger partial charge on any atom is -0.284 e. The zero-order valence-electron chi connectivity index (χ0n) is 16.0. The molecule has 3 aromatic rings. The zero-order chi connectivity index (χ0) is 19.3. The maximum atomic E-state index is 12.1. The topological polar surface area (TPSA) is 60.7 Å². The normalized spacial score (nSPS) is 19.0. The molecule has 4 rings (SSSR count). The second-order valence-corrected chi connectivity index (χ2v) is 8.29. The Bertz CT molecular complexity index is 986. The van der Waals surface area contributed by atoms with Crippen LogP contribution in [0.4, 0.5) is 0 Å². The third-order valence-electron chi connectivity index (χ3n) is 5.44. The van der Waals surface area contributed by atoms with Crippen LogP contribution in [0.5, 0.6) is 0 Å². The highest BCUT2D eigenvalue weighted by atomic mass is 32.2. The summed E-state index contributed by atoms with van der Waals surface area (Å²) < 4.78 is 1.66. The number of pyridine rings is 2. The van der Waals surface area contributed by atoms with E-state index in [1.807, 2.05) is 36.8 Å². The lowest BCUT2D eigenvalue weighted by Gasteiger charge is -2.12. The summed E-state index contributed by atoms with van der Waals surface area (Å²) >= 11 is 1.67. The van der Waals surface area contributed by atoms with Crippen molar-refractivity contribution in [2.24, 2.45) is 11.8 Å². The fraction of sp³-hybridized carbons (Fsp3) is 0.364. The Balaban J connectivity index is 1.38. The molecule has 1 saturated carbocycles. The molecule has 0 unspecified atom stereocenters. The van der Waals surface area contributed by atoms with E-state index < -0.39 is 0 Å². The molecule has 0 amide bonds. The van der Waals surface area contributed by atoms with Crippen LogP contribution in [0.25, 0.3) is 5.69 Å². The largest absolute Gasteiger partial charge is 0.284 e. The van der Waals surface area contributed by atoms with Crippen molar-refractivity contribution in [1.29, 1.82) is 0 Å². The monoisotopic (exact) mass is 392 g/mol. The molecule has 1 fully saturated rings. The van der Waals surface area contributed by atoms with Crippen LogP contribution < -0.4 is 5.56 Å². The third kappa shape index (κ3) is 4.50. The number of nitrogens with zero attached hydrogens (tertiary/aromatic N) is 4. The van der Waals surface area contributed by atoms with E-state index >= 15 is 0 Å². The van der Waals surface area contributed by atoms with Crippen molar-refractivity contribution in [2.75, 3.05) is 6.26 Å². The van der Waals surface area contributed by atoms with Gasteiger partial charge >= 0.3 is 0 Å². The summed E-state index contributed by atoms with van der Waals surface area (Å²) in [6, 6.07) is 9.14. The van der Waals surface area contributed by atoms with Gasteiger partial charge in [0.25, 0.3) is 5.56 Å². The van der Waals surface area contributed by atoms with Gasteiger partial charge in [-0.1, -0.05) is 6.07 Å². The molecule has 5 nitrogen and oxygen atoms in total. The number of thioether (sulfide) groups is 1. The molecule has 0 spiro atoms. The molecule has 3 aromatic heterocycles. The summed E-state index contributed by atoms with van der Waals surface area (Å²) in [5.74, 6) is 2.22. The van der Waals surface area contributed by atoms with Gasteiger partial charge in [0, 0.05) is 47.9 Å². The SMILES string of the molecule is CSc1cnc(C[C@H]2CC[C@H](Cc3cc(-n4ccccc4=O)ccn3)C2)nc1. The molecular formula is C22H24N4OS. The number of aromatic nitrogens is 4. The fourth-order valence-corrected chi connectivity index (χ4v) is 4.34. The van der Waals surface area contributed by atoms with Crippen LogP contribution in [-0.2, 0) is 12.8 Å². The molecule has 1 aliphatic rings. The first-order valence-electron chi connectivity index (χ1n) is 9.69. The molecular weight excluding hydrogens is 368 g/mol. The van der Waals surface area contributed by atoms with Gasteiger partial charge in [0.1, 0.15) is 5.82 Å². The summed E-state index contributed by atoms with van der Waals surface area (Å²) in [5, 5.41) is 0. The van der Waals surface area contributed by atoms with Gasteiger partial charge in [-0.25, -0.2) is 9.97 Å². The molecule has 3 heterocycles. The lowest BCUT2D eigenvalue weighted by Crippen LogP contribution is -2.16. The number of rotatable bonds is 6. The molecule has 0 radical (unpaired) electrons. The van der Waals surface area contributed by atoms with Gasteiger partial charge in [-0.05, 0) is 62.0 Å². The molecule has 144 valence electrons. The quantitative estimate of drug-likeness (QED) is 0.595. The molecule has 0 aromatic carbocycles. The summed E-state index contributed by atoms with van der Waals surface area (Å²) in [7, 11) is 0. The molecule has 28 heavy (non-hydrogen) atoms. The zero-order valence-corrected chi connectivity index (χ0v) is 16.8. The molecule has 0 saturated heterocycles. The van der Waals surface area contributed by atoms with Gasteiger partial charge in [0.2, 0.25) is 0 Å². The number of hydrogen-bond donors (Lipinski definition) is 0. The Labute approximate surface area is 169 Å². The average molecular weight is 393 g/mol. The van der Waals surface area contributed by atoms with E-state index in [0.717, 1.165) is 34.9 Å². The van der Waals surface area contributed by atoms with Crippen LogP contribution in [-0.4, -0.2) is 25.8 Å². The van der Waals surface area contributed by atoms with Crippen molar-refractivity contribution < 1.29 is 0 Å². The molecule has 0 aliphatic heterocycles. The second kappa shape index (κ2) is 8.69. The first kappa shape index (κ1) is 18.9. The van der Waals surface area contributed by atoms with Gasteiger partial charge < -0.3 is 0 Å². The van der Waals surface area contributed by atoms with Gasteiger partial charge in [-0.2, -0.15) is 0 Å². The summed E-state index contributed by atoms with van der Waals surface area (Å²) in [6.07, 6.45) is 15.0. The predicted molar refractivity (Wildman–Crippen MR) is 112 cm³/mol. The Morgan fingerprint density at radius 3 is 2.61 bits per heavy atom.